The summed E-state index contributed by atoms with van der Waals surface area (Å²) in [5, 5.41) is 9.12. The number of ether oxygens (including phenoxy) is 1. The molecule has 0 saturated carbocycles. The van der Waals surface area contributed by atoms with E-state index in [9.17, 15) is 4.79 Å². The number of hydrogen-bond acceptors (Lipinski definition) is 4. The molecule has 17 heavy (non-hydrogen) atoms. The number of hydrogen-bond donors (Lipinski definition) is 1. The van der Waals surface area contributed by atoms with Crippen molar-refractivity contribution in [3.63, 3.8) is 0 Å². The number of methoxy groups -OCH3 is 1. The van der Waals surface area contributed by atoms with Crippen LogP contribution in [-0.4, -0.2) is 30.8 Å². The molecule has 0 aliphatic carbocycles. The lowest BCUT2D eigenvalue weighted by molar-refractivity contribution is -0.141. The summed E-state index contributed by atoms with van der Waals surface area (Å²) in [5.41, 5.74) is 1.84. The number of carbonyl (C=O) groups excluding carboxylic acids is 1. The molecule has 1 heterocycles. The number of nitrogens with zero attached hydrogens (tertiary/aromatic N) is 1. The Morgan fingerprint density at radius 3 is 3.12 bits per heavy atom. The molecule has 1 aromatic rings. The Bertz CT molecular complexity index is 405. The van der Waals surface area contributed by atoms with Crippen LogP contribution >= 0.6 is 0 Å². The van der Waals surface area contributed by atoms with Crippen molar-refractivity contribution in [1.29, 1.82) is 0 Å². The van der Waals surface area contributed by atoms with Crippen LogP contribution < -0.4 is 4.90 Å². The Hall–Kier alpha value is -1.55. The third-order valence-electron chi connectivity index (χ3n) is 3.15. The van der Waals surface area contributed by atoms with Gasteiger partial charge in [0.15, 0.2) is 0 Å². The fourth-order valence-electron chi connectivity index (χ4n) is 2.29. The summed E-state index contributed by atoms with van der Waals surface area (Å²) in [6.07, 6.45) is 1.82. The predicted molar refractivity (Wildman–Crippen MR) is 64.7 cm³/mol. The van der Waals surface area contributed by atoms with Crippen LogP contribution in [0.25, 0.3) is 0 Å². The van der Waals surface area contributed by atoms with Gasteiger partial charge in [0.2, 0.25) is 0 Å². The number of esters is 1. The van der Waals surface area contributed by atoms with Crippen molar-refractivity contribution in [3.8, 4) is 0 Å². The van der Waals surface area contributed by atoms with Crippen LogP contribution in [0.5, 0.6) is 0 Å². The van der Waals surface area contributed by atoms with Gasteiger partial charge < -0.3 is 14.7 Å². The fraction of sp³-hybridized carbons (Fsp3) is 0.462. The molecule has 4 nitrogen and oxygen atoms in total. The average Bonchev–Trinajstić information content (AvgIpc) is 2.87. The van der Waals surface area contributed by atoms with Crippen LogP contribution in [0.1, 0.15) is 18.4 Å². The van der Waals surface area contributed by atoms with E-state index in [-0.39, 0.29) is 18.6 Å². The number of carbonyl (C=O) groups is 1. The van der Waals surface area contributed by atoms with Crippen LogP contribution in [0.4, 0.5) is 5.69 Å². The Balaban J connectivity index is 2.22. The third-order valence-corrected chi connectivity index (χ3v) is 3.15. The molecule has 0 spiro atoms. The highest BCUT2D eigenvalue weighted by molar-refractivity contribution is 5.80. The first kappa shape index (κ1) is 11.9. The zero-order chi connectivity index (χ0) is 12.3. The van der Waals surface area contributed by atoms with E-state index in [1.165, 1.54) is 7.11 Å². The first-order valence-corrected chi connectivity index (χ1v) is 5.80. The van der Waals surface area contributed by atoms with E-state index in [1.54, 1.807) is 0 Å². The molecule has 1 atom stereocenters. The second kappa shape index (κ2) is 5.19. The highest BCUT2D eigenvalue weighted by atomic mass is 16.5. The lowest BCUT2D eigenvalue weighted by Gasteiger charge is -2.25. The first-order chi connectivity index (χ1) is 8.26. The van der Waals surface area contributed by atoms with E-state index in [0.29, 0.717) is 0 Å². The van der Waals surface area contributed by atoms with Crippen molar-refractivity contribution in [2.75, 3.05) is 18.6 Å². The molecule has 1 saturated heterocycles. The van der Waals surface area contributed by atoms with Gasteiger partial charge in [0.25, 0.3) is 0 Å². The summed E-state index contributed by atoms with van der Waals surface area (Å²) < 4.78 is 4.81. The van der Waals surface area contributed by atoms with Crippen LogP contribution in [0.15, 0.2) is 24.3 Å². The van der Waals surface area contributed by atoms with Gasteiger partial charge in [0.1, 0.15) is 6.04 Å². The summed E-state index contributed by atoms with van der Waals surface area (Å²) in [6.45, 7) is 0.874. The maximum atomic E-state index is 11.6. The van der Waals surface area contributed by atoms with Gasteiger partial charge in [0.05, 0.1) is 13.7 Å². The largest absolute Gasteiger partial charge is 0.467 e. The maximum absolute atomic E-state index is 11.6. The summed E-state index contributed by atoms with van der Waals surface area (Å²) in [5.74, 6) is -0.183. The second-order valence-electron chi connectivity index (χ2n) is 4.20. The van der Waals surface area contributed by atoms with Crippen LogP contribution in [0.2, 0.25) is 0 Å². The molecule has 0 bridgehead atoms. The molecular formula is C13H17NO3. The van der Waals surface area contributed by atoms with Crippen molar-refractivity contribution in [1.82, 2.24) is 0 Å². The average molecular weight is 235 g/mol. The highest BCUT2D eigenvalue weighted by Gasteiger charge is 2.31. The Labute approximate surface area is 101 Å². The summed E-state index contributed by atoms with van der Waals surface area (Å²) >= 11 is 0. The molecule has 0 amide bonds. The molecular weight excluding hydrogens is 218 g/mol. The zero-order valence-electron chi connectivity index (χ0n) is 9.93. The topological polar surface area (TPSA) is 49.8 Å². The van der Waals surface area contributed by atoms with Crippen molar-refractivity contribution in [2.24, 2.45) is 0 Å². The molecule has 1 N–H and O–H groups in total. The Morgan fingerprint density at radius 1 is 1.59 bits per heavy atom. The van der Waals surface area contributed by atoms with Crippen LogP contribution in [-0.2, 0) is 16.1 Å². The van der Waals surface area contributed by atoms with Gasteiger partial charge in [-0.25, -0.2) is 4.79 Å². The number of aliphatic hydroxyl groups is 1. The number of aliphatic hydroxyl groups excluding tert-OH is 1. The van der Waals surface area contributed by atoms with Crippen LogP contribution in [0, 0.1) is 0 Å². The van der Waals surface area contributed by atoms with Crippen molar-refractivity contribution in [2.45, 2.75) is 25.5 Å². The molecule has 1 aromatic carbocycles. The van der Waals surface area contributed by atoms with E-state index in [0.717, 1.165) is 30.6 Å². The van der Waals surface area contributed by atoms with E-state index >= 15 is 0 Å². The highest BCUT2D eigenvalue weighted by Crippen LogP contribution is 2.26. The molecule has 0 radical (unpaired) electrons. The molecule has 0 aromatic heterocycles. The van der Waals surface area contributed by atoms with Crippen molar-refractivity contribution >= 4 is 11.7 Å². The van der Waals surface area contributed by atoms with Crippen molar-refractivity contribution < 1.29 is 14.6 Å². The standard InChI is InChI=1S/C13H17NO3/c1-17-13(16)12-6-3-7-14(12)11-5-2-4-10(8-11)9-15/h2,4-5,8,12,15H,3,6-7,9H2,1H3/t12-/m0/s1. The monoisotopic (exact) mass is 235 g/mol. The van der Waals surface area contributed by atoms with Gasteiger partial charge in [-0.3, -0.25) is 0 Å². The van der Waals surface area contributed by atoms with Gasteiger partial charge in [-0.05, 0) is 30.5 Å². The zero-order valence-corrected chi connectivity index (χ0v) is 9.93. The smallest absolute Gasteiger partial charge is 0.328 e. The minimum absolute atomic E-state index is 0.0184. The Morgan fingerprint density at radius 2 is 2.41 bits per heavy atom. The molecule has 0 unspecified atom stereocenters. The van der Waals surface area contributed by atoms with E-state index in [2.05, 4.69) is 0 Å². The van der Waals surface area contributed by atoms with Gasteiger partial charge >= 0.3 is 5.97 Å². The molecule has 1 aliphatic rings. The molecule has 92 valence electrons. The maximum Gasteiger partial charge on any atom is 0.328 e. The molecule has 1 fully saturated rings. The summed E-state index contributed by atoms with van der Waals surface area (Å²) in [7, 11) is 1.42. The lowest BCUT2D eigenvalue weighted by Crippen LogP contribution is -2.36. The molecule has 1 aliphatic heterocycles. The van der Waals surface area contributed by atoms with E-state index in [4.69, 9.17) is 9.84 Å². The van der Waals surface area contributed by atoms with Gasteiger partial charge in [-0.1, -0.05) is 12.1 Å². The molecule has 2 rings (SSSR count). The number of rotatable bonds is 3. The summed E-state index contributed by atoms with van der Waals surface area (Å²) in [6, 6.07) is 7.45. The van der Waals surface area contributed by atoms with E-state index < -0.39 is 0 Å². The number of anilines is 1. The van der Waals surface area contributed by atoms with Gasteiger partial charge in [0, 0.05) is 12.2 Å². The number of benzene rings is 1. The SMILES string of the molecule is COC(=O)[C@@H]1CCCN1c1cccc(CO)c1. The fourth-order valence-corrected chi connectivity index (χ4v) is 2.29. The lowest BCUT2D eigenvalue weighted by atomic mass is 10.1. The van der Waals surface area contributed by atoms with Crippen molar-refractivity contribution in [3.05, 3.63) is 29.8 Å². The first-order valence-electron chi connectivity index (χ1n) is 5.80. The van der Waals surface area contributed by atoms with Crippen LogP contribution in [0.3, 0.4) is 0 Å². The van der Waals surface area contributed by atoms with Gasteiger partial charge in [-0.2, -0.15) is 0 Å². The normalized spacial score (nSPS) is 19.4. The second-order valence-corrected chi connectivity index (χ2v) is 4.20. The minimum atomic E-state index is -0.186. The molecule has 4 heteroatoms. The quantitative estimate of drug-likeness (QED) is 0.803. The summed E-state index contributed by atoms with van der Waals surface area (Å²) in [4.78, 5) is 13.7. The minimum Gasteiger partial charge on any atom is -0.467 e. The third kappa shape index (κ3) is 2.42. The Kier molecular flexibility index (Phi) is 3.64. The predicted octanol–water partition coefficient (Wildman–Crippen LogP) is 1.32. The van der Waals surface area contributed by atoms with Gasteiger partial charge in [-0.15, -0.1) is 0 Å². The van der Waals surface area contributed by atoms with E-state index in [1.807, 2.05) is 29.2 Å².